The molecule has 1 saturated carbocycles. The van der Waals surface area contributed by atoms with Gasteiger partial charge in [-0.15, -0.1) is 0 Å². The van der Waals surface area contributed by atoms with E-state index >= 15 is 0 Å². The predicted molar refractivity (Wildman–Crippen MR) is 95.5 cm³/mol. The maximum atomic E-state index is 9.10. The van der Waals surface area contributed by atoms with Gasteiger partial charge in [-0.05, 0) is 37.8 Å². The van der Waals surface area contributed by atoms with Crippen LogP contribution in [0.4, 0.5) is 0 Å². The van der Waals surface area contributed by atoms with Crippen molar-refractivity contribution in [3.05, 3.63) is 46.6 Å². The Hall–Kier alpha value is -2.74. The molecular formula is C19H23N3O5. The summed E-state index contributed by atoms with van der Waals surface area (Å²) in [6.07, 6.45) is 2.45. The molecule has 2 heterocycles. The lowest BCUT2D eigenvalue weighted by Crippen LogP contribution is -2.44. The summed E-state index contributed by atoms with van der Waals surface area (Å²) < 4.78 is 5.42. The second-order valence-corrected chi connectivity index (χ2v) is 7.20. The Morgan fingerprint density at radius 2 is 1.81 bits per heavy atom. The van der Waals surface area contributed by atoms with Crippen molar-refractivity contribution < 1.29 is 24.3 Å². The summed E-state index contributed by atoms with van der Waals surface area (Å²) in [6.45, 7) is 7.42. The van der Waals surface area contributed by atoms with Crippen molar-refractivity contribution >= 4 is 11.9 Å². The normalized spacial score (nSPS) is 17.0. The summed E-state index contributed by atoms with van der Waals surface area (Å²) in [5.41, 5.74) is 4.13. The minimum atomic E-state index is -1.82. The molecule has 0 atom stereocenters. The number of likely N-dealkylation sites (tertiary alicyclic amines) is 1. The second kappa shape index (κ2) is 7.87. The number of aryl methyl sites for hydroxylation is 2. The van der Waals surface area contributed by atoms with Crippen LogP contribution in [0.1, 0.15) is 53.1 Å². The first-order valence-corrected chi connectivity index (χ1v) is 8.91. The molecule has 2 aromatic rings. The molecule has 1 aromatic heterocycles. The van der Waals surface area contributed by atoms with E-state index in [2.05, 4.69) is 47.1 Å². The molecule has 2 fully saturated rings. The first-order chi connectivity index (χ1) is 12.8. The Labute approximate surface area is 156 Å². The summed E-state index contributed by atoms with van der Waals surface area (Å²) in [7, 11) is 0. The maximum absolute atomic E-state index is 9.10. The van der Waals surface area contributed by atoms with Crippen LogP contribution >= 0.6 is 0 Å². The highest BCUT2D eigenvalue weighted by Crippen LogP contribution is 2.39. The summed E-state index contributed by atoms with van der Waals surface area (Å²) in [4.78, 5) is 25.2. The molecule has 144 valence electrons. The molecule has 0 bridgehead atoms. The van der Waals surface area contributed by atoms with E-state index in [0.29, 0.717) is 11.8 Å². The van der Waals surface area contributed by atoms with Crippen LogP contribution in [0.3, 0.4) is 0 Å². The molecule has 27 heavy (non-hydrogen) atoms. The standard InChI is InChI=1S/C17H21N3O.C2H2O4/c1-11-3-4-12(2)14(7-11)8-20-9-15(10-20)17-18-16(19-21-17)13-5-6-13;3-1(4)2(5)6/h3-4,7,13,15H,5-6,8-10H2,1-2H3;(H,3,4)(H,5,6). The molecule has 8 nitrogen and oxygen atoms in total. The van der Waals surface area contributed by atoms with Crippen molar-refractivity contribution in [1.82, 2.24) is 15.0 Å². The van der Waals surface area contributed by atoms with Gasteiger partial charge in [0.25, 0.3) is 0 Å². The molecular weight excluding hydrogens is 350 g/mol. The zero-order valence-corrected chi connectivity index (χ0v) is 15.4. The lowest BCUT2D eigenvalue weighted by molar-refractivity contribution is -0.159. The number of hydrogen-bond donors (Lipinski definition) is 2. The Balaban J connectivity index is 0.000000307. The van der Waals surface area contributed by atoms with Gasteiger partial charge in [0.1, 0.15) is 0 Å². The van der Waals surface area contributed by atoms with Crippen molar-refractivity contribution in [2.24, 2.45) is 0 Å². The third-order valence-corrected chi connectivity index (χ3v) is 4.79. The molecule has 2 aliphatic rings. The first kappa shape index (κ1) is 19.0. The third-order valence-electron chi connectivity index (χ3n) is 4.79. The van der Waals surface area contributed by atoms with Crippen LogP contribution in [-0.4, -0.2) is 50.3 Å². The largest absolute Gasteiger partial charge is 0.473 e. The number of carboxylic acids is 2. The Morgan fingerprint density at radius 1 is 1.15 bits per heavy atom. The molecule has 2 N–H and O–H groups in total. The minimum Gasteiger partial charge on any atom is -0.473 e. The molecule has 4 rings (SSSR count). The average Bonchev–Trinajstić information content (AvgIpc) is 3.32. The number of hydrogen-bond acceptors (Lipinski definition) is 6. The van der Waals surface area contributed by atoms with E-state index in [1.165, 1.54) is 29.5 Å². The van der Waals surface area contributed by atoms with Gasteiger partial charge >= 0.3 is 11.9 Å². The molecule has 0 unspecified atom stereocenters. The summed E-state index contributed by atoms with van der Waals surface area (Å²) in [5.74, 6) is -0.874. The van der Waals surface area contributed by atoms with Crippen LogP contribution in [0, 0.1) is 13.8 Å². The predicted octanol–water partition coefficient (Wildman–Crippen LogP) is 2.32. The smallest absolute Gasteiger partial charge is 0.414 e. The van der Waals surface area contributed by atoms with Gasteiger partial charge in [0.2, 0.25) is 5.89 Å². The molecule has 1 saturated heterocycles. The Kier molecular flexibility index (Phi) is 5.55. The molecule has 1 aromatic carbocycles. The van der Waals surface area contributed by atoms with Crippen molar-refractivity contribution in [2.75, 3.05) is 13.1 Å². The van der Waals surface area contributed by atoms with Crippen LogP contribution < -0.4 is 0 Å². The third kappa shape index (κ3) is 4.91. The van der Waals surface area contributed by atoms with Gasteiger partial charge in [0, 0.05) is 25.6 Å². The van der Waals surface area contributed by atoms with E-state index < -0.39 is 11.9 Å². The molecule has 0 spiro atoms. The van der Waals surface area contributed by atoms with E-state index in [9.17, 15) is 0 Å². The Morgan fingerprint density at radius 3 is 2.41 bits per heavy atom. The average molecular weight is 373 g/mol. The zero-order chi connectivity index (χ0) is 19.6. The summed E-state index contributed by atoms with van der Waals surface area (Å²) in [5, 5.41) is 18.9. The van der Waals surface area contributed by atoms with Gasteiger partial charge in [0.15, 0.2) is 5.82 Å². The Bertz CT molecular complexity index is 826. The SMILES string of the molecule is Cc1ccc(C)c(CN2CC(c3nc(C4CC4)no3)C2)c1.O=C(O)C(=O)O. The van der Waals surface area contributed by atoms with Crippen molar-refractivity contribution in [3.63, 3.8) is 0 Å². The quantitative estimate of drug-likeness (QED) is 0.784. The van der Waals surface area contributed by atoms with Gasteiger partial charge in [-0.3, -0.25) is 4.90 Å². The van der Waals surface area contributed by atoms with Gasteiger partial charge in [-0.1, -0.05) is 28.9 Å². The maximum Gasteiger partial charge on any atom is 0.414 e. The van der Waals surface area contributed by atoms with Gasteiger partial charge < -0.3 is 14.7 Å². The van der Waals surface area contributed by atoms with Crippen molar-refractivity contribution in [3.8, 4) is 0 Å². The zero-order valence-electron chi connectivity index (χ0n) is 15.4. The monoisotopic (exact) mass is 373 g/mol. The van der Waals surface area contributed by atoms with E-state index in [-0.39, 0.29) is 0 Å². The van der Waals surface area contributed by atoms with Crippen molar-refractivity contribution in [2.45, 2.75) is 45.1 Å². The number of aromatic nitrogens is 2. The van der Waals surface area contributed by atoms with E-state index in [4.69, 9.17) is 24.3 Å². The second-order valence-electron chi connectivity index (χ2n) is 7.20. The summed E-state index contributed by atoms with van der Waals surface area (Å²) in [6, 6.07) is 6.68. The van der Waals surface area contributed by atoms with E-state index in [1.807, 2.05) is 0 Å². The fraction of sp³-hybridized carbons (Fsp3) is 0.474. The van der Waals surface area contributed by atoms with Crippen LogP contribution in [0.15, 0.2) is 22.7 Å². The number of benzene rings is 1. The molecule has 8 heteroatoms. The summed E-state index contributed by atoms with van der Waals surface area (Å²) >= 11 is 0. The highest BCUT2D eigenvalue weighted by Gasteiger charge is 2.35. The topological polar surface area (TPSA) is 117 Å². The van der Waals surface area contributed by atoms with Crippen LogP contribution in [-0.2, 0) is 16.1 Å². The van der Waals surface area contributed by atoms with Crippen molar-refractivity contribution in [1.29, 1.82) is 0 Å². The highest BCUT2D eigenvalue weighted by atomic mass is 16.5. The van der Waals surface area contributed by atoms with Gasteiger partial charge in [0.05, 0.1) is 5.92 Å². The van der Waals surface area contributed by atoms with Crippen LogP contribution in [0.25, 0.3) is 0 Å². The number of rotatable bonds is 4. The van der Waals surface area contributed by atoms with Gasteiger partial charge in [-0.2, -0.15) is 4.98 Å². The number of carbonyl (C=O) groups is 2. The molecule has 1 aliphatic carbocycles. The highest BCUT2D eigenvalue weighted by molar-refractivity contribution is 6.27. The number of carboxylic acid groups (broad SMARTS) is 2. The number of nitrogens with zero attached hydrogens (tertiary/aromatic N) is 3. The number of aliphatic carboxylic acids is 2. The lowest BCUT2D eigenvalue weighted by Gasteiger charge is -2.37. The lowest BCUT2D eigenvalue weighted by atomic mass is 9.97. The van der Waals surface area contributed by atoms with Crippen LogP contribution in [0.5, 0.6) is 0 Å². The molecule has 0 radical (unpaired) electrons. The van der Waals surface area contributed by atoms with Gasteiger partial charge in [-0.25, -0.2) is 9.59 Å². The fourth-order valence-corrected chi connectivity index (χ4v) is 2.99. The molecule has 1 aliphatic heterocycles. The van der Waals surface area contributed by atoms with E-state index in [0.717, 1.165) is 31.3 Å². The first-order valence-electron chi connectivity index (χ1n) is 8.91. The van der Waals surface area contributed by atoms with Crippen LogP contribution in [0.2, 0.25) is 0 Å². The molecule has 0 amide bonds. The fourth-order valence-electron chi connectivity index (χ4n) is 2.99. The minimum absolute atomic E-state index is 0.426. The van der Waals surface area contributed by atoms with E-state index in [1.54, 1.807) is 0 Å².